The van der Waals surface area contributed by atoms with Crippen LogP contribution in [-0.4, -0.2) is 34.7 Å². The molecule has 0 unspecified atom stereocenters. The summed E-state index contributed by atoms with van der Waals surface area (Å²) in [5.41, 5.74) is 3.16. The molecule has 0 saturated carbocycles. The summed E-state index contributed by atoms with van der Waals surface area (Å²) in [6.45, 7) is 0.928. The smallest absolute Gasteiger partial charge is 0.258 e. The van der Waals surface area contributed by atoms with Crippen molar-refractivity contribution in [3.63, 3.8) is 0 Å². The van der Waals surface area contributed by atoms with Gasteiger partial charge in [-0.05, 0) is 54.1 Å². The Morgan fingerprint density at radius 1 is 1.03 bits per heavy atom. The molecule has 170 valence electrons. The van der Waals surface area contributed by atoms with Crippen LogP contribution in [0.15, 0.2) is 85.2 Å². The van der Waals surface area contributed by atoms with Gasteiger partial charge in [0.05, 0.1) is 42.4 Å². The number of halogens is 1. The minimum absolute atomic E-state index is 0.0599. The van der Waals surface area contributed by atoms with E-state index < -0.39 is 0 Å². The van der Waals surface area contributed by atoms with Gasteiger partial charge in [0, 0.05) is 5.56 Å². The monoisotopic (exact) mass is 456 g/mol. The first-order valence-electron chi connectivity index (χ1n) is 10.8. The van der Waals surface area contributed by atoms with Gasteiger partial charge in [0.2, 0.25) is 5.91 Å². The molecule has 5 rings (SSSR count). The molecule has 34 heavy (non-hydrogen) atoms. The van der Waals surface area contributed by atoms with Crippen LogP contribution in [0.1, 0.15) is 15.9 Å². The van der Waals surface area contributed by atoms with E-state index in [4.69, 9.17) is 4.74 Å². The van der Waals surface area contributed by atoms with Crippen molar-refractivity contribution < 1.29 is 18.7 Å². The zero-order valence-corrected chi connectivity index (χ0v) is 18.1. The van der Waals surface area contributed by atoms with Crippen LogP contribution in [-0.2, 0) is 11.2 Å². The molecule has 0 spiro atoms. The number of aromatic nitrogens is 2. The highest BCUT2D eigenvalue weighted by Gasteiger charge is 2.24. The first kappa shape index (κ1) is 21.4. The molecular formula is C26H21FN4O3. The number of rotatable bonds is 5. The summed E-state index contributed by atoms with van der Waals surface area (Å²) in [5, 5.41) is 7.05. The van der Waals surface area contributed by atoms with Crippen LogP contribution in [0.25, 0.3) is 5.69 Å². The van der Waals surface area contributed by atoms with E-state index in [0.717, 1.165) is 11.4 Å². The standard InChI is InChI=1S/C26H21FN4O3/c27-20-5-3-4-18(14-20)15-25(32)29-21-16-28-31(17-21)22-10-8-19(9-11-22)26(33)30-12-13-34-24-7-2-1-6-23(24)30/h1-11,14,16-17H,12-13,15H2,(H,29,32). The molecule has 1 aliphatic rings. The lowest BCUT2D eigenvalue weighted by Gasteiger charge is -2.29. The Morgan fingerprint density at radius 2 is 1.85 bits per heavy atom. The Balaban J connectivity index is 1.26. The molecule has 0 aliphatic carbocycles. The van der Waals surface area contributed by atoms with E-state index in [2.05, 4.69) is 10.4 Å². The van der Waals surface area contributed by atoms with Crippen molar-refractivity contribution >= 4 is 23.2 Å². The van der Waals surface area contributed by atoms with Gasteiger partial charge in [-0.25, -0.2) is 9.07 Å². The zero-order valence-electron chi connectivity index (χ0n) is 18.1. The molecule has 2 heterocycles. The quantitative estimate of drug-likeness (QED) is 0.488. The molecule has 1 N–H and O–H groups in total. The second-order valence-electron chi connectivity index (χ2n) is 7.85. The number of benzene rings is 3. The lowest BCUT2D eigenvalue weighted by Crippen LogP contribution is -2.37. The second-order valence-corrected chi connectivity index (χ2v) is 7.85. The number of nitrogens with one attached hydrogen (secondary N) is 1. The highest BCUT2D eigenvalue weighted by Crippen LogP contribution is 2.32. The normalized spacial score (nSPS) is 12.6. The predicted molar refractivity (Wildman–Crippen MR) is 126 cm³/mol. The maximum absolute atomic E-state index is 13.3. The number of nitrogens with zero attached hydrogens (tertiary/aromatic N) is 3. The summed E-state index contributed by atoms with van der Waals surface area (Å²) < 4.78 is 20.6. The molecule has 1 aromatic heterocycles. The molecule has 8 heteroatoms. The molecule has 0 bridgehead atoms. The van der Waals surface area contributed by atoms with Gasteiger partial charge in [0.15, 0.2) is 0 Å². The third-order valence-electron chi connectivity index (χ3n) is 5.47. The Bertz CT molecular complexity index is 1350. The fraction of sp³-hybridized carbons (Fsp3) is 0.115. The fourth-order valence-corrected chi connectivity index (χ4v) is 3.86. The summed E-state index contributed by atoms with van der Waals surface area (Å²) in [6.07, 6.45) is 3.27. The lowest BCUT2D eigenvalue weighted by molar-refractivity contribution is -0.115. The van der Waals surface area contributed by atoms with Crippen LogP contribution < -0.4 is 15.0 Å². The maximum Gasteiger partial charge on any atom is 0.258 e. The topological polar surface area (TPSA) is 76.5 Å². The van der Waals surface area contributed by atoms with Gasteiger partial charge >= 0.3 is 0 Å². The predicted octanol–water partition coefficient (Wildman–Crippen LogP) is 4.23. The number of carbonyl (C=O) groups excluding carboxylic acids is 2. The van der Waals surface area contributed by atoms with Crippen molar-refractivity contribution in [1.82, 2.24) is 9.78 Å². The summed E-state index contributed by atoms with van der Waals surface area (Å²) in [7, 11) is 0. The SMILES string of the molecule is O=C(Cc1cccc(F)c1)Nc1cnn(-c2ccc(C(=O)N3CCOc4ccccc43)cc2)c1. The van der Waals surface area contributed by atoms with Crippen LogP contribution in [0.4, 0.5) is 15.8 Å². The van der Waals surface area contributed by atoms with Crippen molar-refractivity contribution in [2.45, 2.75) is 6.42 Å². The van der Waals surface area contributed by atoms with Crippen LogP contribution in [0.2, 0.25) is 0 Å². The number of fused-ring (bicyclic) bond motifs is 1. The molecule has 2 amide bonds. The molecule has 4 aromatic rings. The largest absolute Gasteiger partial charge is 0.490 e. The molecule has 3 aromatic carbocycles. The van der Waals surface area contributed by atoms with E-state index >= 15 is 0 Å². The van der Waals surface area contributed by atoms with E-state index in [1.165, 1.54) is 18.3 Å². The van der Waals surface area contributed by atoms with Crippen molar-refractivity contribution in [1.29, 1.82) is 0 Å². The van der Waals surface area contributed by atoms with Crippen molar-refractivity contribution in [3.05, 3.63) is 102 Å². The molecule has 0 atom stereocenters. The number of para-hydroxylation sites is 2. The van der Waals surface area contributed by atoms with Crippen LogP contribution in [0, 0.1) is 5.82 Å². The highest BCUT2D eigenvalue weighted by atomic mass is 19.1. The molecule has 1 aliphatic heterocycles. The van der Waals surface area contributed by atoms with E-state index in [0.29, 0.717) is 35.7 Å². The van der Waals surface area contributed by atoms with Gasteiger partial charge in [-0.1, -0.05) is 24.3 Å². The summed E-state index contributed by atoms with van der Waals surface area (Å²) in [6, 6.07) is 20.5. The molecule has 0 radical (unpaired) electrons. The maximum atomic E-state index is 13.3. The van der Waals surface area contributed by atoms with Crippen LogP contribution >= 0.6 is 0 Å². The van der Waals surface area contributed by atoms with E-state index in [9.17, 15) is 14.0 Å². The van der Waals surface area contributed by atoms with Gasteiger partial charge in [0.1, 0.15) is 18.2 Å². The zero-order chi connectivity index (χ0) is 23.5. The third kappa shape index (κ3) is 4.52. The molecular weight excluding hydrogens is 435 g/mol. The summed E-state index contributed by atoms with van der Waals surface area (Å²) in [5.74, 6) is -0.0509. The molecule has 7 nitrogen and oxygen atoms in total. The van der Waals surface area contributed by atoms with Crippen LogP contribution in [0.5, 0.6) is 5.75 Å². The highest BCUT2D eigenvalue weighted by molar-refractivity contribution is 6.07. The minimum Gasteiger partial charge on any atom is -0.490 e. The van der Waals surface area contributed by atoms with Gasteiger partial charge in [-0.15, -0.1) is 0 Å². The summed E-state index contributed by atoms with van der Waals surface area (Å²) >= 11 is 0. The Hall–Kier alpha value is -4.46. The van der Waals surface area contributed by atoms with Gasteiger partial charge in [-0.3, -0.25) is 9.59 Å². The van der Waals surface area contributed by atoms with Crippen LogP contribution in [0.3, 0.4) is 0 Å². The second kappa shape index (κ2) is 9.19. The van der Waals surface area contributed by atoms with E-state index in [1.807, 2.05) is 24.3 Å². The third-order valence-corrected chi connectivity index (χ3v) is 5.47. The number of hydrogen-bond acceptors (Lipinski definition) is 4. The number of ether oxygens (including phenoxy) is 1. The fourth-order valence-electron chi connectivity index (χ4n) is 3.86. The Morgan fingerprint density at radius 3 is 2.68 bits per heavy atom. The van der Waals surface area contributed by atoms with Crippen molar-refractivity contribution in [2.75, 3.05) is 23.4 Å². The van der Waals surface area contributed by atoms with Gasteiger partial charge in [-0.2, -0.15) is 5.10 Å². The average molecular weight is 456 g/mol. The summed E-state index contributed by atoms with van der Waals surface area (Å²) in [4.78, 5) is 27.1. The lowest BCUT2D eigenvalue weighted by atomic mass is 10.1. The van der Waals surface area contributed by atoms with Gasteiger partial charge in [0.25, 0.3) is 5.91 Å². The molecule has 0 saturated heterocycles. The van der Waals surface area contributed by atoms with E-state index in [1.54, 1.807) is 52.2 Å². The van der Waals surface area contributed by atoms with Crippen molar-refractivity contribution in [3.8, 4) is 11.4 Å². The first-order valence-corrected chi connectivity index (χ1v) is 10.8. The number of amides is 2. The Kier molecular flexibility index (Phi) is 5.78. The minimum atomic E-state index is -0.377. The Labute approximate surface area is 195 Å². The van der Waals surface area contributed by atoms with E-state index in [-0.39, 0.29) is 24.1 Å². The van der Waals surface area contributed by atoms with Gasteiger partial charge < -0.3 is 15.0 Å². The number of hydrogen-bond donors (Lipinski definition) is 1. The number of anilines is 2. The average Bonchev–Trinajstić information content (AvgIpc) is 3.31. The van der Waals surface area contributed by atoms with Crippen molar-refractivity contribution in [2.24, 2.45) is 0 Å². The first-order chi connectivity index (χ1) is 16.6. The number of carbonyl (C=O) groups is 2. The molecule has 0 fully saturated rings.